The van der Waals surface area contributed by atoms with Crippen LogP contribution in [0.25, 0.3) is 0 Å². The summed E-state index contributed by atoms with van der Waals surface area (Å²) in [5, 5.41) is 14.6. The van der Waals surface area contributed by atoms with Crippen LogP contribution in [0.2, 0.25) is 0 Å². The van der Waals surface area contributed by atoms with Crippen LogP contribution in [-0.2, 0) is 0 Å². The SMILES string of the molecule is CCCCC(NC(CC)c1cccc(OC)c1)N1C(=O)c2ccc([N+](=O)[O-])cc2C1=O. The Hall–Kier alpha value is -3.26. The summed E-state index contributed by atoms with van der Waals surface area (Å²) in [6, 6.07) is 11.4. The van der Waals surface area contributed by atoms with E-state index in [0.29, 0.717) is 6.42 Å². The lowest BCUT2D eigenvalue weighted by Crippen LogP contribution is -2.49. The van der Waals surface area contributed by atoms with Gasteiger partial charge in [-0.05, 0) is 36.6 Å². The molecule has 1 aliphatic heterocycles. The quantitative estimate of drug-likeness (QED) is 0.343. The first-order valence-corrected chi connectivity index (χ1v) is 10.5. The molecule has 164 valence electrons. The van der Waals surface area contributed by atoms with E-state index in [4.69, 9.17) is 4.74 Å². The molecular weight excluding hydrogens is 398 g/mol. The third-order valence-corrected chi connectivity index (χ3v) is 5.55. The number of rotatable bonds is 10. The van der Waals surface area contributed by atoms with Crippen molar-refractivity contribution in [3.05, 3.63) is 69.3 Å². The van der Waals surface area contributed by atoms with E-state index >= 15 is 0 Å². The standard InChI is InChI=1S/C23H27N3O5/c1-4-6-10-21(24-20(5-2)15-8-7-9-17(13-15)31-3)25-22(27)18-12-11-16(26(29)30)14-19(18)23(25)28/h7-9,11-14,20-21,24H,4-6,10H2,1-3H3. The Bertz CT molecular complexity index is 991. The molecule has 0 radical (unpaired) electrons. The van der Waals surface area contributed by atoms with Gasteiger partial charge in [0.2, 0.25) is 0 Å². The highest BCUT2D eigenvalue weighted by Crippen LogP contribution is 2.30. The summed E-state index contributed by atoms with van der Waals surface area (Å²) < 4.78 is 5.32. The second kappa shape index (κ2) is 9.70. The molecule has 0 spiro atoms. The van der Waals surface area contributed by atoms with Crippen molar-refractivity contribution in [2.24, 2.45) is 0 Å². The average molecular weight is 425 g/mol. The first-order valence-electron chi connectivity index (χ1n) is 10.5. The number of nitrogens with zero attached hydrogens (tertiary/aromatic N) is 2. The second-order valence-corrected chi connectivity index (χ2v) is 7.53. The molecule has 31 heavy (non-hydrogen) atoms. The van der Waals surface area contributed by atoms with Crippen molar-refractivity contribution in [2.45, 2.75) is 51.7 Å². The van der Waals surface area contributed by atoms with Crippen LogP contribution in [0.4, 0.5) is 5.69 Å². The van der Waals surface area contributed by atoms with Crippen LogP contribution in [0, 0.1) is 10.1 Å². The van der Waals surface area contributed by atoms with E-state index in [0.717, 1.165) is 30.6 Å². The third kappa shape index (κ3) is 4.59. The average Bonchev–Trinajstić information content (AvgIpc) is 3.03. The number of nitro benzene ring substituents is 1. The highest BCUT2D eigenvalue weighted by molar-refractivity contribution is 6.21. The molecular formula is C23H27N3O5. The number of nitrogens with one attached hydrogen (secondary N) is 1. The number of carbonyl (C=O) groups excluding carboxylic acids is 2. The van der Waals surface area contributed by atoms with Gasteiger partial charge in [0.15, 0.2) is 0 Å². The Morgan fingerprint density at radius 3 is 2.48 bits per heavy atom. The molecule has 1 heterocycles. The van der Waals surface area contributed by atoms with Crippen molar-refractivity contribution in [1.29, 1.82) is 0 Å². The molecule has 2 aromatic rings. The number of ether oxygens (including phenoxy) is 1. The van der Waals surface area contributed by atoms with E-state index < -0.39 is 22.9 Å². The van der Waals surface area contributed by atoms with Gasteiger partial charge in [0, 0.05) is 18.2 Å². The zero-order valence-electron chi connectivity index (χ0n) is 18.0. The molecule has 3 rings (SSSR count). The molecule has 2 atom stereocenters. The predicted molar refractivity (Wildman–Crippen MR) is 116 cm³/mol. The third-order valence-electron chi connectivity index (χ3n) is 5.55. The van der Waals surface area contributed by atoms with Crippen LogP contribution < -0.4 is 10.1 Å². The van der Waals surface area contributed by atoms with Crippen LogP contribution in [0.3, 0.4) is 0 Å². The Labute approximate surface area is 181 Å². The Balaban J connectivity index is 1.91. The van der Waals surface area contributed by atoms with Crippen LogP contribution >= 0.6 is 0 Å². The summed E-state index contributed by atoms with van der Waals surface area (Å²) in [6.45, 7) is 4.07. The van der Waals surface area contributed by atoms with Gasteiger partial charge in [-0.3, -0.25) is 29.9 Å². The molecule has 2 unspecified atom stereocenters. The number of fused-ring (bicyclic) bond motifs is 1. The lowest BCUT2D eigenvalue weighted by molar-refractivity contribution is -0.384. The van der Waals surface area contributed by atoms with Crippen molar-refractivity contribution in [3.8, 4) is 5.75 Å². The smallest absolute Gasteiger partial charge is 0.270 e. The minimum Gasteiger partial charge on any atom is -0.497 e. The summed E-state index contributed by atoms with van der Waals surface area (Å²) in [7, 11) is 1.61. The number of nitro groups is 1. The van der Waals surface area contributed by atoms with E-state index in [2.05, 4.69) is 5.32 Å². The summed E-state index contributed by atoms with van der Waals surface area (Å²) in [4.78, 5) is 38.0. The van der Waals surface area contributed by atoms with E-state index in [1.165, 1.54) is 23.1 Å². The van der Waals surface area contributed by atoms with Gasteiger partial charge in [0.05, 0.1) is 29.3 Å². The monoisotopic (exact) mass is 425 g/mol. The Morgan fingerprint density at radius 2 is 1.84 bits per heavy atom. The maximum atomic E-state index is 13.1. The fraction of sp³-hybridized carbons (Fsp3) is 0.391. The van der Waals surface area contributed by atoms with Crippen LogP contribution in [-0.4, -0.2) is 34.9 Å². The van der Waals surface area contributed by atoms with E-state index in [1.807, 2.05) is 38.1 Å². The zero-order chi connectivity index (χ0) is 22.5. The minimum atomic E-state index is -0.566. The number of unbranched alkanes of at least 4 members (excludes halogenated alkanes) is 1. The summed E-state index contributed by atoms with van der Waals surface area (Å²) in [5.41, 5.74) is 1.07. The zero-order valence-corrected chi connectivity index (χ0v) is 18.0. The molecule has 0 aromatic heterocycles. The van der Waals surface area contributed by atoms with Gasteiger partial charge in [0.1, 0.15) is 5.75 Å². The fourth-order valence-corrected chi connectivity index (χ4v) is 3.87. The fourth-order valence-electron chi connectivity index (χ4n) is 3.87. The molecule has 8 heteroatoms. The molecule has 2 amide bonds. The van der Waals surface area contributed by atoms with Crippen LogP contribution in [0.5, 0.6) is 5.75 Å². The van der Waals surface area contributed by atoms with E-state index in [1.54, 1.807) is 7.11 Å². The van der Waals surface area contributed by atoms with E-state index in [-0.39, 0.29) is 22.9 Å². The molecule has 0 bridgehead atoms. The van der Waals surface area contributed by atoms with E-state index in [9.17, 15) is 19.7 Å². The van der Waals surface area contributed by atoms with Crippen LogP contribution in [0.15, 0.2) is 42.5 Å². The molecule has 0 saturated heterocycles. The van der Waals surface area contributed by atoms with Gasteiger partial charge >= 0.3 is 0 Å². The molecule has 0 saturated carbocycles. The summed E-state index contributed by atoms with van der Waals surface area (Å²) in [6.07, 6.45) is 2.53. The first-order chi connectivity index (χ1) is 14.9. The number of imide groups is 1. The lowest BCUT2D eigenvalue weighted by atomic mass is 10.0. The first kappa shape index (κ1) is 22.4. The number of non-ortho nitro benzene ring substituents is 1. The molecule has 1 aliphatic rings. The topological polar surface area (TPSA) is 102 Å². The maximum absolute atomic E-state index is 13.1. The van der Waals surface area contributed by atoms with Crippen molar-refractivity contribution < 1.29 is 19.2 Å². The molecule has 1 N–H and O–H groups in total. The van der Waals surface area contributed by atoms with Crippen molar-refractivity contribution >= 4 is 17.5 Å². The largest absolute Gasteiger partial charge is 0.497 e. The van der Waals surface area contributed by atoms with Crippen molar-refractivity contribution in [1.82, 2.24) is 10.2 Å². The molecule has 0 fully saturated rings. The Morgan fingerprint density at radius 1 is 1.10 bits per heavy atom. The predicted octanol–water partition coefficient (Wildman–Crippen LogP) is 4.46. The highest BCUT2D eigenvalue weighted by atomic mass is 16.6. The van der Waals surface area contributed by atoms with Gasteiger partial charge < -0.3 is 4.74 Å². The number of methoxy groups -OCH3 is 1. The number of benzene rings is 2. The van der Waals surface area contributed by atoms with Gasteiger partial charge in [-0.1, -0.05) is 38.8 Å². The number of amides is 2. The Kier molecular flexibility index (Phi) is 7.02. The second-order valence-electron chi connectivity index (χ2n) is 7.53. The highest BCUT2D eigenvalue weighted by Gasteiger charge is 2.41. The summed E-state index contributed by atoms with van der Waals surface area (Å²) >= 11 is 0. The van der Waals surface area contributed by atoms with Crippen molar-refractivity contribution in [3.63, 3.8) is 0 Å². The van der Waals surface area contributed by atoms with Gasteiger partial charge in [0.25, 0.3) is 17.5 Å². The number of hydrogen-bond acceptors (Lipinski definition) is 6. The number of hydrogen-bond donors (Lipinski definition) is 1. The van der Waals surface area contributed by atoms with Gasteiger partial charge in [-0.15, -0.1) is 0 Å². The van der Waals surface area contributed by atoms with Gasteiger partial charge in [-0.25, -0.2) is 0 Å². The maximum Gasteiger partial charge on any atom is 0.270 e. The summed E-state index contributed by atoms with van der Waals surface area (Å²) in [5.74, 6) is -0.197. The van der Waals surface area contributed by atoms with Crippen molar-refractivity contribution in [2.75, 3.05) is 7.11 Å². The normalized spacial score (nSPS) is 15.0. The molecule has 2 aromatic carbocycles. The molecule has 0 aliphatic carbocycles. The number of carbonyl (C=O) groups is 2. The van der Waals surface area contributed by atoms with Gasteiger partial charge in [-0.2, -0.15) is 0 Å². The van der Waals surface area contributed by atoms with Crippen LogP contribution in [0.1, 0.15) is 71.9 Å². The minimum absolute atomic E-state index is 0.0805. The lowest BCUT2D eigenvalue weighted by Gasteiger charge is -2.31. The molecule has 8 nitrogen and oxygen atoms in total.